The Morgan fingerprint density at radius 2 is 2.00 bits per heavy atom. The highest BCUT2D eigenvalue weighted by atomic mass is 35.5. The summed E-state index contributed by atoms with van der Waals surface area (Å²) >= 11 is 6.31. The van der Waals surface area contributed by atoms with Crippen LogP contribution in [0.15, 0.2) is 55.1 Å². The Hall–Kier alpha value is -2.01. The van der Waals surface area contributed by atoms with Gasteiger partial charge in [0, 0.05) is 12.6 Å². The van der Waals surface area contributed by atoms with Gasteiger partial charge in [-0.3, -0.25) is 0 Å². The standard InChI is InChI=1S/C20H24ClNO3/c1-4-10-25-20-17(21)11-15(12-18(20)24-3)13-22-14(2)19(23)16-8-6-5-7-9-16/h4-9,11-12,14,19,22-23H,1,10,13H2,2-3H3/t14-,19+/m1/s1. The van der Waals surface area contributed by atoms with E-state index < -0.39 is 6.10 Å². The number of benzene rings is 2. The molecule has 134 valence electrons. The lowest BCUT2D eigenvalue weighted by molar-refractivity contribution is 0.135. The third-order valence-electron chi connectivity index (χ3n) is 3.88. The molecule has 0 aliphatic heterocycles. The summed E-state index contributed by atoms with van der Waals surface area (Å²) in [4.78, 5) is 0. The zero-order chi connectivity index (χ0) is 18.2. The van der Waals surface area contributed by atoms with Crippen molar-refractivity contribution < 1.29 is 14.6 Å². The highest BCUT2D eigenvalue weighted by Crippen LogP contribution is 2.36. The summed E-state index contributed by atoms with van der Waals surface area (Å²) in [5.74, 6) is 1.08. The van der Waals surface area contributed by atoms with Crippen molar-refractivity contribution in [2.45, 2.75) is 25.6 Å². The maximum Gasteiger partial charge on any atom is 0.180 e. The van der Waals surface area contributed by atoms with E-state index in [1.807, 2.05) is 49.4 Å². The van der Waals surface area contributed by atoms with Crippen LogP contribution in [-0.4, -0.2) is 24.9 Å². The van der Waals surface area contributed by atoms with Crippen LogP contribution in [0.2, 0.25) is 5.02 Å². The number of hydrogen-bond acceptors (Lipinski definition) is 4. The smallest absolute Gasteiger partial charge is 0.180 e. The second-order valence-corrected chi connectivity index (χ2v) is 6.14. The molecule has 2 atom stereocenters. The van der Waals surface area contributed by atoms with Gasteiger partial charge in [0.15, 0.2) is 11.5 Å². The third-order valence-corrected chi connectivity index (χ3v) is 4.16. The molecule has 2 N–H and O–H groups in total. The minimum Gasteiger partial charge on any atom is -0.493 e. The Balaban J connectivity index is 2.05. The summed E-state index contributed by atoms with van der Waals surface area (Å²) in [7, 11) is 1.57. The van der Waals surface area contributed by atoms with E-state index in [9.17, 15) is 5.11 Å². The highest BCUT2D eigenvalue weighted by Gasteiger charge is 2.17. The second kappa shape index (κ2) is 9.47. The van der Waals surface area contributed by atoms with Crippen LogP contribution >= 0.6 is 11.6 Å². The van der Waals surface area contributed by atoms with Gasteiger partial charge in [-0.1, -0.05) is 54.6 Å². The lowest BCUT2D eigenvalue weighted by Crippen LogP contribution is -2.31. The number of halogens is 1. The summed E-state index contributed by atoms with van der Waals surface area (Å²) in [5.41, 5.74) is 1.83. The molecule has 0 saturated carbocycles. The zero-order valence-electron chi connectivity index (χ0n) is 14.5. The second-order valence-electron chi connectivity index (χ2n) is 5.73. The van der Waals surface area contributed by atoms with Gasteiger partial charge >= 0.3 is 0 Å². The molecule has 2 rings (SSSR count). The van der Waals surface area contributed by atoms with Crippen molar-refractivity contribution in [3.63, 3.8) is 0 Å². The maximum atomic E-state index is 10.4. The molecule has 2 aromatic rings. The molecule has 0 unspecified atom stereocenters. The number of ether oxygens (including phenoxy) is 2. The fourth-order valence-electron chi connectivity index (χ4n) is 2.49. The van der Waals surface area contributed by atoms with Crippen molar-refractivity contribution in [1.82, 2.24) is 5.32 Å². The molecule has 5 heteroatoms. The molecule has 0 spiro atoms. The summed E-state index contributed by atoms with van der Waals surface area (Å²) in [6.45, 7) is 6.47. The largest absolute Gasteiger partial charge is 0.493 e. The number of aliphatic hydroxyl groups is 1. The van der Waals surface area contributed by atoms with Crippen LogP contribution in [-0.2, 0) is 6.54 Å². The average molecular weight is 362 g/mol. The summed E-state index contributed by atoms with van der Waals surface area (Å²) in [5, 5.41) is 14.2. The Morgan fingerprint density at radius 1 is 1.28 bits per heavy atom. The number of nitrogens with one attached hydrogen (secondary N) is 1. The van der Waals surface area contributed by atoms with E-state index in [0.29, 0.717) is 29.7 Å². The number of rotatable bonds is 9. The fraction of sp³-hybridized carbons (Fsp3) is 0.300. The van der Waals surface area contributed by atoms with Crippen LogP contribution < -0.4 is 14.8 Å². The molecule has 0 bridgehead atoms. The van der Waals surface area contributed by atoms with Crippen molar-refractivity contribution in [2.75, 3.05) is 13.7 Å². The van der Waals surface area contributed by atoms with Gasteiger partial charge < -0.3 is 19.9 Å². The Bertz CT molecular complexity index is 691. The van der Waals surface area contributed by atoms with E-state index in [1.165, 1.54) is 0 Å². The van der Waals surface area contributed by atoms with Crippen LogP contribution in [0.1, 0.15) is 24.2 Å². The number of aliphatic hydroxyl groups excluding tert-OH is 1. The molecule has 0 amide bonds. The first-order valence-electron chi connectivity index (χ1n) is 8.13. The SMILES string of the molecule is C=CCOc1c(Cl)cc(CN[C@H](C)[C@H](O)c2ccccc2)cc1OC. The molecule has 2 aromatic carbocycles. The van der Waals surface area contributed by atoms with Crippen molar-refractivity contribution in [3.05, 3.63) is 71.3 Å². The van der Waals surface area contributed by atoms with Crippen LogP contribution in [0.25, 0.3) is 0 Å². The van der Waals surface area contributed by atoms with E-state index in [0.717, 1.165) is 11.1 Å². The number of methoxy groups -OCH3 is 1. The normalized spacial score (nSPS) is 13.1. The lowest BCUT2D eigenvalue weighted by Gasteiger charge is -2.21. The zero-order valence-corrected chi connectivity index (χ0v) is 15.3. The molecule has 0 fully saturated rings. The van der Waals surface area contributed by atoms with Gasteiger partial charge in [-0.2, -0.15) is 0 Å². The van der Waals surface area contributed by atoms with Crippen LogP contribution in [0.4, 0.5) is 0 Å². The molecule has 0 aromatic heterocycles. The first-order chi connectivity index (χ1) is 12.1. The van der Waals surface area contributed by atoms with E-state index in [-0.39, 0.29) is 6.04 Å². The van der Waals surface area contributed by atoms with Gasteiger partial charge in [0.05, 0.1) is 18.2 Å². The van der Waals surface area contributed by atoms with Gasteiger partial charge in [0.25, 0.3) is 0 Å². The van der Waals surface area contributed by atoms with E-state index in [2.05, 4.69) is 11.9 Å². The Kier molecular flexibility index (Phi) is 7.31. The van der Waals surface area contributed by atoms with Gasteiger partial charge in [-0.15, -0.1) is 0 Å². The molecule has 0 saturated heterocycles. The molecule has 0 aliphatic carbocycles. The molecule has 25 heavy (non-hydrogen) atoms. The summed E-state index contributed by atoms with van der Waals surface area (Å²) < 4.78 is 10.9. The van der Waals surface area contributed by atoms with Crippen molar-refractivity contribution in [3.8, 4) is 11.5 Å². The van der Waals surface area contributed by atoms with Crippen molar-refractivity contribution in [2.24, 2.45) is 0 Å². The van der Waals surface area contributed by atoms with Crippen LogP contribution in [0, 0.1) is 0 Å². The van der Waals surface area contributed by atoms with Gasteiger partial charge in [0.1, 0.15) is 6.61 Å². The topological polar surface area (TPSA) is 50.7 Å². The van der Waals surface area contributed by atoms with Crippen LogP contribution in [0.5, 0.6) is 11.5 Å². The van der Waals surface area contributed by atoms with Crippen molar-refractivity contribution in [1.29, 1.82) is 0 Å². The first kappa shape index (κ1) is 19.3. The van der Waals surface area contributed by atoms with Crippen LogP contribution in [0.3, 0.4) is 0 Å². The quantitative estimate of drug-likeness (QED) is 0.659. The Labute approximate surface area is 154 Å². The molecule has 0 heterocycles. The average Bonchev–Trinajstić information content (AvgIpc) is 2.64. The molecule has 0 aliphatic rings. The van der Waals surface area contributed by atoms with Gasteiger partial charge in [-0.05, 0) is 30.2 Å². The van der Waals surface area contributed by atoms with Gasteiger partial charge in [0.2, 0.25) is 0 Å². The molecule has 0 radical (unpaired) electrons. The van der Waals surface area contributed by atoms with E-state index >= 15 is 0 Å². The monoisotopic (exact) mass is 361 g/mol. The third kappa shape index (κ3) is 5.23. The predicted molar refractivity (Wildman–Crippen MR) is 101 cm³/mol. The highest BCUT2D eigenvalue weighted by molar-refractivity contribution is 6.32. The fourth-order valence-corrected chi connectivity index (χ4v) is 2.77. The minimum atomic E-state index is -0.589. The summed E-state index contributed by atoms with van der Waals surface area (Å²) in [6.07, 6.45) is 1.06. The van der Waals surface area contributed by atoms with Gasteiger partial charge in [-0.25, -0.2) is 0 Å². The van der Waals surface area contributed by atoms with E-state index in [1.54, 1.807) is 13.2 Å². The molecular weight excluding hydrogens is 338 g/mol. The molecular formula is C20H24ClNO3. The first-order valence-corrected chi connectivity index (χ1v) is 8.51. The summed E-state index contributed by atoms with van der Waals surface area (Å²) in [6, 6.07) is 13.2. The predicted octanol–water partition coefficient (Wildman–Crippen LogP) is 4.13. The number of hydrogen-bond donors (Lipinski definition) is 2. The lowest BCUT2D eigenvalue weighted by atomic mass is 10.0. The minimum absolute atomic E-state index is 0.121. The maximum absolute atomic E-state index is 10.4. The Morgan fingerprint density at radius 3 is 2.64 bits per heavy atom. The van der Waals surface area contributed by atoms with E-state index in [4.69, 9.17) is 21.1 Å². The molecule has 4 nitrogen and oxygen atoms in total. The van der Waals surface area contributed by atoms with Crippen molar-refractivity contribution >= 4 is 11.6 Å².